The van der Waals surface area contributed by atoms with Crippen LogP contribution in [0.4, 0.5) is 10.1 Å². The van der Waals surface area contributed by atoms with Gasteiger partial charge in [0.05, 0.1) is 31.7 Å². The fourth-order valence-electron chi connectivity index (χ4n) is 3.70. The number of rotatable bonds is 7. The molecule has 1 unspecified atom stereocenters. The summed E-state index contributed by atoms with van der Waals surface area (Å²) in [5.41, 5.74) is 0.588. The quantitative estimate of drug-likeness (QED) is 0.701. The lowest BCUT2D eigenvalue weighted by molar-refractivity contribution is 0.0935. The minimum Gasteiger partial charge on any atom is -0.493 e. The molecule has 1 aliphatic heterocycles. The summed E-state index contributed by atoms with van der Waals surface area (Å²) in [5.74, 6) is -0.556. The number of benzene rings is 1. The lowest BCUT2D eigenvalue weighted by atomic mass is 9.98. The number of nitrogens with one attached hydrogen (secondary N) is 2. The van der Waals surface area contributed by atoms with E-state index >= 15 is 0 Å². The minimum atomic E-state index is -0.626. The number of pyridine rings is 1. The van der Waals surface area contributed by atoms with Crippen molar-refractivity contribution in [1.82, 2.24) is 15.2 Å². The average molecular weight is 430 g/mol. The highest BCUT2D eigenvalue weighted by molar-refractivity contribution is 6.06. The second-order valence-electron chi connectivity index (χ2n) is 7.59. The van der Waals surface area contributed by atoms with Gasteiger partial charge in [0.1, 0.15) is 5.82 Å². The number of nitrogens with zero attached hydrogens (tertiary/aromatic N) is 2. The zero-order valence-electron chi connectivity index (χ0n) is 17.9. The molecule has 1 saturated heterocycles. The molecule has 31 heavy (non-hydrogen) atoms. The molecule has 166 valence electrons. The molecule has 1 fully saturated rings. The van der Waals surface area contributed by atoms with E-state index in [1.807, 2.05) is 0 Å². The van der Waals surface area contributed by atoms with Gasteiger partial charge in [-0.2, -0.15) is 0 Å². The first-order valence-electron chi connectivity index (χ1n) is 10.1. The van der Waals surface area contributed by atoms with Crippen LogP contribution in [0.3, 0.4) is 0 Å². The van der Waals surface area contributed by atoms with Gasteiger partial charge in [0, 0.05) is 24.8 Å². The van der Waals surface area contributed by atoms with Crippen LogP contribution in [0.2, 0.25) is 0 Å². The second kappa shape index (κ2) is 10.2. The maximum absolute atomic E-state index is 13.4. The van der Waals surface area contributed by atoms with E-state index in [1.54, 1.807) is 6.07 Å². The zero-order chi connectivity index (χ0) is 22.4. The smallest absolute Gasteiger partial charge is 0.257 e. The number of ether oxygens (including phenoxy) is 2. The van der Waals surface area contributed by atoms with Crippen molar-refractivity contribution in [3.05, 3.63) is 47.5 Å². The largest absolute Gasteiger partial charge is 0.493 e. The number of hydrogen-bond acceptors (Lipinski definition) is 6. The Morgan fingerprint density at radius 2 is 1.97 bits per heavy atom. The summed E-state index contributed by atoms with van der Waals surface area (Å²) in [5, 5.41) is 5.61. The van der Waals surface area contributed by atoms with E-state index in [2.05, 4.69) is 27.6 Å². The Bertz CT molecular complexity index is 953. The summed E-state index contributed by atoms with van der Waals surface area (Å²) in [7, 11) is 4.95. The van der Waals surface area contributed by atoms with Gasteiger partial charge in [-0.25, -0.2) is 4.39 Å². The van der Waals surface area contributed by atoms with Crippen LogP contribution in [0.25, 0.3) is 0 Å². The molecule has 0 aliphatic carbocycles. The third-order valence-electron chi connectivity index (χ3n) is 5.23. The second-order valence-corrected chi connectivity index (χ2v) is 7.59. The van der Waals surface area contributed by atoms with Crippen LogP contribution in [0.5, 0.6) is 11.5 Å². The zero-order valence-corrected chi connectivity index (χ0v) is 17.9. The molecule has 2 N–H and O–H groups in total. The van der Waals surface area contributed by atoms with Gasteiger partial charge < -0.3 is 25.0 Å². The van der Waals surface area contributed by atoms with Crippen molar-refractivity contribution in [2.45, 2.75) is 12.8 Å². The Kier molecular flexibility index (Phi) is 7.41. The van der Waals surface area contributed by atoms with E-state index in [9.17, 15) is 14.0 Å². The summed E-state index contributed by atoms with van der Waals surface area (Å²) in [4.78, 5) is 31.3. The molecule has 0 saturated carbocycles. The molecular weight excluding hydrogens is 403 g/mol. The Morgan fingerprint density at radius 3 is 2.65 bits per heavy atom. The lowest BCUT2D eigenvalue weighted by Crippen LogP contribution is -2.39. The van der Waals surface area contributed by atoms with Crippen molar-refractivity contribution in [3.63, 3.8) is 0 Å². The van der Waals surface area contributed by atoms with Gasteiger partial charge in [-0.3, -0.25) is 14.6 Å². The molecule has 1 aromatic heterocycles. The van der Waals surface area contributed by atoms with Crippen LogP contribution in [-0.4, -0.2) is 62.6 Å². The fourth-order valence-corrected chi connectivity index (χ4v) is 3.70. The molecular formula is C22H27FN4O4. The van der Waals surface area contributed by atoms with Crippen LogP contribution in [-0.2, 0) is 0 Å². The fraction of sp³-hybridized carbons (Fsp3) is 0.409. The molecule has 0 spiro atoms. The molecule has 8 nitrogen and oxygen atoms in total. The van der Waals surface area contributed by atoms with Gasteiger partial charge in [-0.05, 0) is 50.6 Å². The minimum absolute atomic E-state index is 0.0392. The lowest BCUT2D eigenvalue weighted by Gasteiger charge is -2.29. The predicted octanol–water partition coefficient (Wildman–Crippen LogP) is 2.56. The topological polar surface area (TPSA) is 92.8 Å². The van der Waals surface area contributed by atoms with E-state index in [-0.39, 0.29) is 22.9 Å². The van der Waals surface area contributed by atoms with Crippen molar-refractivity contribution in [2.75, 3.05) is 46.2 Å². The van der Waals surface area contributed by atoms with E-state index in [1.165, 1.54) is 26.5 Å². The highest BCUT2D eigenvalue weighted by Gasteiger charge is 2.21. The number of carbonyl (C=O) groups excluding carboxylic acids is 2. The first-order valence-corrected chi connectivity index (χ1v) is 10.1. The Labute approximate surface area is 180 Å². The standard InChI is InChI=1S/C22H27FN4O4/c1-27-6-4-5-14(13-27)10-25-21(28)15-8-18(20(31-3)19(9-15)30-2)26-22(29)16-7-17(23)12-24-11-16/h7-9,11-12,14H,4-6,10,13H2,1-3H3,(H,25,28)(H,26,29). The van der Waals surface area contributed by atoms with Crippen LogP contribution in [0.15, 0.2) is 30.6 Å². The third-order valence-corrected chi connectivity index (χ3v) is 5.23. The normalized spacial score (nSPS) is 16.5. The van der Waals surface area contributed by atoms with Gasteiger partial charge in [0.2, 0.25) is 0 Å². The average Bonchev–Trinajstić information content (AvgIpc) is 2.76. The number of piperidine rings is 1. The monoisotopic (exact) mass is 430 g/mol. The summed E-state index contributed by atoms with van der Waals surface area (Å²) in [6, 6.07) is 4.14. The van der Waals surface area contributed by atoms with Gasteiger partial charge in [0.15, 0.2) is 11.5 Å². The number of likely N-dealkylation sites (tertiary alicyclic amines) is 1. The molecule has 2 amide bonds. The Morgan fingerprint density at radius 1 is 1.16 bits per heavy atom. The molecule has 0 radical (unpaired) electrons. The van der Waals surface area contributed by atoms with Crippen molar-refractivity contribution in [3.8, 4) is 11.5 Å². The maximum Gasteiger partial charge on any atom is 0.257 e. The summed E-state index contributed by atoms with van der Waals surface area (Å²) >= 11 is 0. The molecule has 9 heteroatoms. The van der Waals surface area contributed by atoms with E-state index in [0.717, 1.165) is 38.2 Å². The number of methoxy groups -OCH3 is 2. The summed E-state index contributed by atoms with van der Waals surface area (Å²) in [6.07, 6.45) is 4.44. The molecule has 2 heterocycles. The van der Waals surface area contributed by atoms with Crippen LogP contribution >= 0.6 is 0 Å². The highest BCUT2D eigenvalue weighted by atomic mass is 19.1. The van der Waals surface area contributed by atoms with Crippen LogP contribution in [0, 0.1) is 11.7 Å². The highest BCUT2D eigenvalue weighted by Crippen LogP contribution is 2.37. The van der Waals surface area contributed by atoms with E-state index in [0.29, 0.717) is 23.8 Å². The Balaban J connectivity index is 1.79. The number of carbonyl (C=O) groups is 2. The maximum atomic E-state index is 13.4. The molecule has 1 aliphatic rings. The first kappa shape index (κ1) is 22.5. The number of amides is 2. The van der Waals surface area contributed by atoms with E-state index in [4.69, 9.17) is 9.47 Å². The number of halogens is 1. The van der Waals surface area contributed by atoms with Crippen molar-refractivity contribution in [2.24, 2.45) is 5.92 Å². The van der Waals surface area contributed by atoms with Crippen molar-refractivity contribution in [1.29, 1.82) is 0 Å². The van der Waals surface area contributed by atoms with Gasteiger partial charge in [-0.1, -0.05) is 0 Å². The SMILES string of the molecule is COc1cc(C(=O)NCC2CCCN(C)C2)cc(NC(=O)c2cncc(F)c2)c1OC. The van der Waals surface area contributed by atoms with Crippen molar-refractivity contribution < 1.29 is 23.5 Å². The summed E-state index contributed by atoms with van der Waals surface area (Å²) in [6.45, 7) is 2.58. The molecule has 3 rings (SSSR count). The van der Waals surface area contributed by atoms with Gasteiger partial charge in [0.25, 0.3) is 11.8 Å². The van der Waals surface area contributed by atoms with E-state index < -0.39 is 11.7 Å². The van der Waals surface area contributed by atoms with Crippen LogP contribution in [0.1, 0.15) is 33.6 Å². The summed E-state index contributed by atoms with van der Waals surface area (Å²) < 4.78 is 24.1. The molecule has 1 atom stereocenters. The molecule has 0 bridgehead atoms. The Hall–Kier alpha value is -3.20. The number of hydrogen-bond donors (Lipinski definition) is 2. The van der Waals surface area contributed by atoms with Crippen LogP contribution < -0.4 is 20.1 Å². The van der Waals surface area contributed by atoms with Gasteiger partial charge in [-0.15, -0.1) is 0 Å². The first-order chi connectivity index (χ1) is 14.9. The number of aromatic nitrogens is 1. The molecule has 2 aromatic rings. The van der Waals surface area contributed by atoms with Crippen molar-refractivity contribution >= 4 is 17.5 Å². The van der Waals surface area contributed by atoms with Gasteiger partial charge >= 0.3 is 0 Å². The molecule has 1 aromatic carbocycles. The number of anilines is 1. The predicted molar refractivity (Wildman–Crippen MR) is 114 cm³/mol. The third kappa shape index (κ3) is 5.69.